The summed E-state index contributed by atoms with van der Waals surface area (Å²) in [6.45, 7) is 1.16. The molecule has 0 spiro atoms. The largest absolute Gasteiger partial charge is 0.417 e. The first-order valence-corrected chi connectivity index (χ1v) is 9.44. The van der Waals surface area contributed by atoms with Gasteiger partial charge in [-0.05, 0) is 34.9 Å². The quantitative estimate of drug-likeness (QED) is 0.716. The third kappa shape index (κ3) is 4.34. The normalized spacial score (nSPS) is 16.9. The van der Waals surface area contributed by atoms with Gasteiger partial charge in [-0.1, -0.05) is 42.5 Å². The van der Waals surface area contributed by atoms with E-state index in [1.54, 1.807) is 0 Å². The van der Waals surface area contributed by atoms with Crippen molar-refractivity contribution in [3.8, 4) is 0 Å². The number of fused-ring (bicyclic) bond motifs is 1. The fourth-order valence-corrected chi connectivity index (χ4v) is 3.73. The minimum atomic E-state index is -4.39. The molecule has 7 heteroatoms. The smallest absolute Gasteiger partial charge is 0.354 e. The Morgan fingerprint density at radius 3 is 2.66 bits per heavy atom. The van der Waals surface area contributed by atoms with Gasteiger partial charge < -0.3 is 10.2 Å². The van der Waals surface area contributed by atoms with Gasteiger partial charge in [-0.25, -0.2) is 4.98 Å². The van der Waals surface area contributed by atoms with Crippen LogP contribution in [0, 0.1) is 0 Å². The summed E-state index contributed by atoms with van der Waals surface area (Å²) >= 11 is 0. The van der Waals surface area contributed by atoms with Crippen LogP contribution >= 0.6 is 0 Å². The molecule has 1 saturated heterocycles. The minimum absolute atomic E-state index is 0.0541. The Hall–Kier alpha value is -3.09. The first-order chi connectivity index (χ1) is 13.9. The maximum absolute atomic E-state index is 12.7. The lowest BCUT2D eigenvalue weighted by Crippen LogP contribution is -2.38. The number of rotatable bonds is 4. The molecule has 1 aromatic heterocycles. The Kier molecular flexibility index (Phi) is 5.13. The monoisotopic (exact) mass is 399 g/mol. The average molecular weight is 399 g/mol. The zero-order valence-electron chi connectivity index (χ0n) is 15.6. The van der Waals surface area contributed by atoms with E-state index in [1.807, 2.05) is 47.4 Å². The van der Waals surface area contributed by atoms with Crippen LogP contribution in [0.4, 0.5) is 19.0 Å². The molecule has 4 nitrogen and oxygen atoms in total. The first kappa shape index (κ1) is 19.2. The number of anilines is 1. The molecule has 0 radical (unpaired) electrons. The third-order valence-electron chi connectivity index (χ3n) is 5.18. The van der Waals surface area contributed by atoms with Gasteiger partial charge >= 0.3 is 6.18 Å². The molecule has 0 aliphatic carbocycles. The zero-order chi connectivity index (χ0) is 20.4. The number of carbonyl (C=O) groups is 1. The fraction of sp³-hybridized carbons (Fsp3) is 0.273. The average Bonchev–Trinajstić information content (AvgIpc) is 3.16. The van der Waals surface area contributed by atoms with Crippen LogP contribution in [0.3, 0.4) is 0 Å². The Balaban J connectivity index is 1.37. The van der Waals surface area contributed by atoms with Gasteiger partial charge in [-0.2, -0.15) is 13.2 Å². The topological polar surface area (TPSA) is 45.2 Å². The van der Waals surface area contributed by atoms with E-state index in [4.69, 9.17) is 0 Å². The van der Waals surface area contributed by atoms with Gasteiger partial charge in [0.05, 0.1) is 12.0 Å². The summed E-state index contributed by atoms with van der Waals surface area (Å²) in [4.78, 5) is 18.4. The van der Waals surface area contributed by atoms with E-state index in [0.717, 1.165) is 35.0 Å². The van der Waals surface area contributed by atoms with Crippen molar-refractivity contribution >= 4 is 22.5 Å². The Labute approximate surface area is 166 Å². The molecule has 0 saturated carbocycles. The number of hydrogen-bond acceptors (Lipinski definition) is 3. The number of pyridine rings is 1. The lowest BCUT2D eigenvalue weighted by Gasteiger charge is -2.18. The highest BCUT2D eigenvalue weighted by molar-refractivity contribution is 5.90. The number of benzene rings is 2. The standard InChI is InChI=1S/C22H20F3N3O/c23-22(24,25)17-8-9-20(26-13-17)28-11-10-18(14-28)27-21(29)12-16-6-3-5-15-4-1-2-7-19(15)16/h1-9,13,18H,10-12,14H2,(H,27,29). The Bertz CT molecular complexity index is 1010. The molecule has 1 atom stereocenters. The van der Waals surface area contributed by atoms with Crippen molar-refractivity contribution in [2.75, 3.05) is 18.0 Å². The molecule has 2 aromatic carbocycles. The summed E-state index contributed by atoms with van der Waals surface area (Å²) in [5.74, 6) is 0.428. The van der Waals surface area contributed by atoms with Crippen molar-refractivity contribution < 1.29 is 18.0 Å². The highest BCUT2D eigenvalue weighted by Crippen LogP contribution is 2.30. The second-order valence-corrected chi connectivity index (χ2v) is 7.22. The predicted molar refractivity (Wildman–Crippen MR) is 106 cm³/mol. The summed E-state index contributed by atoms with van der Waals surface area (Å²) in [6, 6.07) is 16.2. The molecule has 1 unspecified atom stereocenters. The summed E-state index contributed by atoms with van der Waals surface area (Å²) < 4.78 is 38.0. The fourth-order valence-electron chi connectivity index (χ4n) is 3.73. The van der Waals surface area contributed by atoms with Crippen LogP contribution in [-0.2, 0) is 17.4 Å². The van der Waals surface area contributed by atoms with Crippen LogP contribution in [0.15, 0.2) is 60.8 Å². The molecule has 1 amide bonds. The van der Waals surface area contributed by atoms with Gasteiger partial charge in [-0.3, -0.25) is 4.79 Å². The number of carbonyl (C=O) groups excluding carboxylic acids is 1. The molecule has 2 heterocycles. The lowest BCUT2D eigenvalue weighted by molar-refractivity contribution is -0.137. The van der Waals surface area contributed by atoms with E-state index in [-0.39, 0.29) is 18.4 Å². The van der Waals surface area contributed by atoms with Crippen LogP contribution in [0.2, 0.25) is 0 Å². The maximum Gasteiger partial charge on any atom is 0.417 e. The van der Waals surface area contributed by atoms with Gasteiger partial charge in [0.15, 0.2) is 0 Å². The van der Waals surface area contributed by atoms with Crippen LogP contribution in [-0.4, -0.2) is 30.0 Å². The molecule has 1 aliphatic rings. The van der Waals surface area contributed by atoms with E-state index < -0.39 is 11.7 Å². The number of alkyl halides is 3. The van der Waals surface area contributed by atoms with Crippen molar-refractivity contribution in [1.29, 1.82) is 0 Å². The maximum atomic E-state index is 12.7. The van der Waals surface area contributed by atoms with E-state index in [0.29, 0.717) is 18.9 Å². The first-order valence-electron chi connectivity index (χ1n) is 9.44. The van der Waals surface area contributed by atoms with Crippen molar-refractivity contribution in [2.45, 2.75) is 25.1 Å². The van der Waals surface area contributed by atoms with Crippen molar-refractivity contribution in [1.82, 2.24) is 10.3 Å². The van der Waals surface area contributed by atoms with E-state index >= 15 is 0 Å². The van der Waals surface area contributed by atoms with Crippen LogP contribution in [0.1, 0.15) is 17.5 Å². The molecule has 0 bridgehead atoms. The zero-order valence-corrected chi connectivity index (χ0v) is 15.6. The number of hydrogen-bond donors (Lipinski definition) is 1. The van der Waals surface area contributed by atoms with Gasteiger partial charge in [0.1, 0.15) is 5.82 Å². The van der Waals surface area contributed by atoms with E-state index in [1.165, 1.54) is 6.07 Å². The van der Waals surface area contributed by atoms with Gasteiger partial charge in [0.25, 0.3) is 0 Å². The number of nitrogens with zero attached hydrogens (tertiary/aromatic N) is 2. The summed E-state index contributed by atoms with van der Waals surface area (Å²) in [6.07, 6.45) is -2.53. The van der Waals surface area contributed by atoms with Crippen molar-refractivity contribution in [2.24, 2.45) is 0 Å². The molecule has 150 valence electrons. The molecule has 3 aromatic rings. The highest BCUT2D eigenvalue weighted by Gasteiger charge is 2.31. The van der Waals surface area contributed by atoms with E-state index in [2.05, 4.69) is 10.3 Å². The SMILES string of the molecule is O=C(Cc1cccc2ccccc12)NC1CCN(c2ccc(C(F)(F)F)cn2)C1. The van der Waals surface area contributed by atoms with E-state index in [9.17, 15) is 18.0 Å². The van der Waals surface area contributed by atoms with Gasteiger partial charge in [-0.15, -0.1) is 0 Å². The molecule has 1 N–H and O–H groups in total. The molecular formula is C22H20F3N3O. The molecular weight excluding hydrogens is 379 g/mol. The van der Waals surface area contributed by atoms with Crippen LogP contribution < -0.4 is 10.2 Å². The summed E-state index contributed by atoms with van der Waals surface area (Å²) in [5, 5.41) is 5.20. The Morgan fingerprint density at radius 1 is 1.10 bits per heavy atom. The number of aromatic nitrogens is 1. The molecule has 1 fully saturated rings. The third-order valence-corrected chi connectivity index (χ3v) is 5.18. The number of halogens is 3. The van der Waals surface area contributed by atoms with Gasteiger partial charge in [0, 0.05) is 25.3 Å². The minimum Gasteiger partial charge on any atom is -0.354 e. The summed E-state index contributed by atoms with van der Waals surface area (Å²) in [5.41, 5.74) is 0.209. The predicted octanol–water partition coefficient (Wildman–Crippen LogP) is 4.19. The number of nitrogens with one attached hydrogen (secondary N) is 1. The van der Waals surface area contributed by atoms with Crippen molar-refractivity contribution in [3.63, 3.8) is 0 Å². The highest BCUT2D eigenvalue weighted by atomic mass is 19.4. The second kappa shape index (κ2) is 7.73. The summed E-state index contributed by atoms with van der Waals surface area (Å²) in [7, 11) is 0. The van der Waals surface area contributed by atoms with Gasteiger partial charge in [0.2, 0.25) is 5.91 Å². The number of amides is 1. The van der Waals surface area contributed by atoms with Crippen molar-refractivity contribution in [3.05, 3.63) is 71.9 Å². The van der Waals surface area contributed by atoms with Crippen LogP contribution in [0.25, 0.3) is 10.8 Å². The second-order valence-electron chi connectivity index (χ2n) is 7.22. The molecule has 29 heavy (non-hydrogen) atoms. The van der Waals surface area contributed by atoms with Crippen LogP contribution in [0.5, 0.6) is 0 Å². The lowest BCUT2D eigenvalue weighted by atomic mass is 10.0. The molecule has 1 aliphatic heterocycles. The molecule has 4 rings (SSSR count). The Morgan fingerprint density at radius 2 is 1.90 bits per heavy atom.